The Hall–Kier alpha value is -1.28. The fourth-order valence-electron chi connectivity index (χ4n) is 2.76. The maximum absolute atomic E-state index is 3.53. The summed E-state index contributed by atoms with van der Waals surface area (Å²) < 4.78 is 0. The molecule has 2 rings (SSSR count). The number of benzene rings is 1. The monoisotopic (exact) mass is 271 g/mol. The Bertz CT molecular complexity index is 513. The van der Waals surface area contributed by atoms with Crippen molar-refractivity contribution in [3.63, 3.8) is 0 Å². The highest BCUT2D eigenvalue weighted by Gasteiger charge is 2.35. The summed E-state index contributed by atoms with van der Waals surface area (Å²) in [5, 5.41) is 3.89. The molecule has 1 atom stereocenters. The molecule has 0 saturated carbocycles. The molecule has 1 unspecified atom stereocenters. The summed E-state index contributed by atoms with van der Waals surface area (Å²) in [5.74, 6) is 0. The van der Waals surface area contributed by atoms with Crippen LogP contribution in [-0.2, 0) is 0 Å². The van der Waals surface area contributed by atoms with E-state index in [-0.39, 0.29) is 0 Å². The summed E-state index contributed by atoms with van der Waals surface area (Å²) in [6.07, 6.45) is 2.52. The molecule has 1 aliphatic rings. The van der Waals surface area contributed by atoms with Crippen molar-refractivity contribution in [2.24, 2.45) is 0 Å². The number of rotatable bonds is 4. The molecule has 0 fully saturated rings. The summed E-state index contributed by atoms with van der Waals surface area (Å²) in [6, 6.07) is 10.4. The average Bonchev–Trinajstić information content (AvgIpc) is 2.63. The normalized spacial score (nSPS) is 22.9. The van der Waals surface area contributed by atoms with Crippen LogP contribution in [0.15, 0.2) is 53.1 Å². The van der Waals surface area contributed by atoms with Crippen LogP contribution in [0.3, 0.4) is 0 Å². The van der Waals surface area contributed by atoms with Gasteiger partial charge in [0.1, 0.15) is 0 Å². The summed E-state index contributed by atoms with van der Waals surface area (Å²) in [4.78, 5) is 0. The molecule has 0 heterocycles. The summed E-state index contributed by atoms with van der Waals surface area (Å²) in [7, 11) is -0.734. The van der Waals surface area contributed by atoms with Crippen LogP contribution >= 0.6 is 0 Å². The summed E-state index contributed by atoms with van der Waals surface area (Å²) >= 11 is 0. The van der Waals surface area contributed by atoms with Gasteiger partial charge in [0.25, 0.3) is 0 Å². The van der Waals surface area contributed by atoms with Crippen molar-refractivity contribution in [3.8, 4) is 0 Å². The molecule has 1 N–H and O–H groups in total. The van der Waals surface area contributed by atoms with Crippen molar-refractivity contribution in [2.75, 3.05) is 11.9 Å². The fourth-order valence-corrected chi connectivity index (χ4v) is 4.38. The SMILES string of the molecule is CC1=C(C)C(C)([SiH](C)C)C=C1CNc1ccccc1. The molecule has 1 aromatic carbocycles. The summed E-state index contributed by atoms with van der Waals surface area (Å²) in [6.45, 7) is 12.8. The lowest BCUT2D eigenvalue weighted by atomic mass is 10.0. The van der Waals surface area contributed by atoms with E-state index in [0.29, 0.717) is 5.04 Å². The van der Waals surface area contributed by atoms with Crippen LogP contribution in [0.2, 0.25) is 18.1 Å². The minimum absolute atomic E-state index is 0.359. The molecule has 0 radical (unpaired) electrons. The van der Waals surface area contributed by atoms with Gasteiger partial charge in [-0.05, 0) is 42.2 Å². The number of allylic oxidation sites excluding steroid dienone is 2. The lowest BCUT2D eigenvalue weighted by Gasteiger charge is -2.28. The van der Waals surface area contributed by atoms with Gasteiger partial charge in [-0.3, -0.25) is 0 Å². The highest BCUT2D eigenvalue weighted by atomic mass is 28.3. The largest absolute Gasteiger partial charge is 0.381 e. The van der Waals surface area contributed by atoms with Crippen LogP contribution in [0.5, 0.6) is 0 Å². The van der Waals surface area contributed by atoms with E-state index in [0.717, 1.165) is 6.54 Å². The molecule has 0 aromatic heterocycles. The third kappa shape index (κ3) is 2.69. The van der Waals surface area contributed by atoms with Gasteiger partial charge in [-0.2, -0.15) is 0 Å². The number of anilines is 1. The zero-order valence-corrected chi connectivity index (χ0v) is 13.9. The van der Waals surface area contributed by atoms with Gasteiger partial charge in [-0.1, -0.05) is 49.9 Å². The van der Waals surface area contributed by atoms with Gasteiger partial charge in [0.05, 0.1) is 0 Å². The van der Waals surface area contributed by atoms with Gasteiger partial charge >= 0.3 is 0 Å². The van der Waals surface area contributed by atoms with Crippen LogP contribution in [0.25, 0.3) is 0 Å². The molecule has 102 valence electrons. The van der Waals surface area contributed by atoms with E-state index in [9.17, 15) is 0 Å². The number of hydrogen-bond donors (Lipinski definition) is 1. The van der Waals surface area contributed by atoms with E-state index in [2.05, 4.69) is 75.6 Å². The Balaban J connectivity index is 2.14. The molecule has 1 aromatic rings. The second kappa shape index (κ2) is 5.38. The van der Waals surface area contributed by atoms with Crippen LogP contribution in [0.1, 0.15) is 20.8 Å². The predicted molar refractivity (Wildman–Crippen MR) is 88.6 cm³/mol. The highest BCUT2D eigenvalue weighted by molar-refractivity contribution is 6.61. The van der Waals surface area contributed by atoms with E-state index in [1.54, 1.807) is 5.57 Å². The topological polar surface area (TPSA) is 12.0 Å². The molecule has 0 aliphatic heterocycles. The van der Waals surface area contributed by atoms with Crippen molar-refractivity contribution in [3.05, 3.63) is 53.1 Å². The molecular formula is C17H25NSi. The third-order valence-electron chi connectivity index (χ3n) is 4.78. The quantitative estimate of drug-likeness (QED) is 0.788. The van der Waals surface area contributed by atoms with Crippen molar-refractivity contribution >= 4 is 14.5 Å². The van der Waals surface area contributed by atoms with E-state index >= 15 is 0 Å². The molecule has 0 spiro atoms. The Morgan fingerprint density at radius 2 is 1.74 bits per heavy atom. The van der Waals surface area contributed by atoms with Crippen LogP contribution in [-0.4, -0.2) is 15.3 Å². The van der Waals surface area contributed by atoms with Gasteiger partial charge in [0.2, 0.25) is 0 Å². The first-order valence-electron chi connectivity index (χ1n) is 7.14. The Kier molecular flexibility index (Phi) is 4.00. The molecule has 0 saturated heterocycles. The molecule has 1 nitrogen and oxygen atoms in total. The van der Waals surface area contributed by atoms with Crippen molar-refractivity contribution < 1.29 is 0 Å². The van der Waals surface area contributed by atoms with Gasteiger partial charge in [0, 0.05) is 21.0 Å². The third-order valence-corrected chi connectivity index (χ3v) is 7.78. The first-order valence-corrected chi connectivity index (χ1v) is 10.0. The van der Waals surface area contributed by atoms with Crippen molar-refractivity contribution in [1.29, 1.82) is 0 Å². The minimum atomic E-state index is -0.734. The lowest BCUT2D eigenvalue weighted by molar-refractivity contribution is 0.873. The molecule has 2 heteroatoms. The highest BCUT2D eigenvalue weighted by Crippen LogP contribution is 2.48. The fraction of sp³-hybridized carbons (Fsp3) is 0.412. The van der Waals surface area contributed by atoms with Gasteiger partial charge in [0.15, 0.2) is 0 Å². The van der Waals surface area contributed by atoms with Crippen molar-refractivity contribution in [1.82, 2.24) is 0 Å². The van der Waals surface area contributed by atoms with E-state index in [4.69, 9.17) is 0 Å². The number of hydrogen-bond acceptors (Lipinski definition) is 1. The molecular weight excluding hydrogens is 246 g/mol. The lowest BCUT2D eigenvalue weighted by Crippen LogP contribution is -2.22. The van der Waals surface area contributed by atoms with E-state index in [1.165, 1.54) is 16.8 Å². The number of para-hydroxylation sites is 1. The van der Waals surface area contributed by atoms with Crippen LogP contribution in [0.4, 0.5) is 5.69 Å². The second-order valence-electron chi connectivity index (χ2n) is 6.08. The average molecular weight is 271 g/mol. The van der Waals surface area contributed by atoms with E-state index in [1.807, 2.05) is 0 Å². The zero-order chi connectivity index (χ0) is 14.0. The summed E-state index contributed by atoms with van der Waals surface area (Å²) in [5.41, 5.74) is 5.75. The first kappa shape index (κ1) is 14.1. The van der Waals surface area contributed by atoms with Crippen LogP contribution in [0, 0.1) is 0 Å². The Morgan fingerprint density at radius 3 is 2.26 bits per heavy atom. The van der Waals surface area contributed by atoms with Crippen molar-refractivity contribution in [2.45, 2.75) is 38.9 Å². The molecule has 1 aliphatic carbocycles. The molecule has 0 bridgehead atoms. The Morgan fingerprint density at radius 1 is 1.11 bits per heavy atom. The minimum Gasteiger partial charge on any atom is -0.381 e. The second-order valence-corrected chi connectivity index (χ2v) is 9.59. The van der Waals surface area contributed by atoms with Crippen LogP contribution < -0.4 is 5.32 Å². The molecule has 0 amide bonds. The smallest absolute Gasteiger partial charge is 0.0467 e. The maximum atomic E-state index is 3.53. The standard InChI is InChI=1S/C17H25NSi/c1-13-14(2)17(3,19(4)5)11-15(13)12-18-16-9-7-6-8-10-16/h6-11,18-19H,12H2,1-5H3. The first-order chi connectivity index (χ1) is 8.95. The van der Waals surface area contributed by atoms with Gasteiger partial charge in [-0.25, -0.2) is 0 Å². The van der Waals surface area contributed by atoms with Gasteiger partial charge in [-0.15, -0.1) is 0 Å². The zero-order valence-electron chi connectivity index (χ0n) is 12.7. The van der Waals surface area contributed by atoms with Gasteiger partial charge < -0.3 is 5.32 Å². The Labute approximate surface area is 119 Å². The predicted octanol–water partition coefficient (Wildman–Crippen LogP) is 4.62. The number of nitrogens with one attached hydrogen (secondary N) is 1. The van der Waals surface area contributed by atoms with E-state index < -0.39 is 8.80 Å². The molecule has 19 heavy (non-hydrogen) atoms. The maximum Gasteiger partial charge on any atom is 0.0467 e.